The first-order valence-corrected chi connectivity index (χ1v) is 8.99. The molecule has 1 aromatic rings. The third-order valence-corrected chi connectivity index (χ3v) is 4.70. The lowest BCUT2D eigenvalue weighted by molar-refractivity contribution is -0.137. The van der Waals surface area contributed by atoms with Gasteiger partial charge in [0.15, 0.2) is 0 Å². The topological polar surface area (TPSA) is 108 Å². The van der Waals surface area contributed by atoms with Gasteiger partial charge >= 0.3 is 6.18 Å². The molecular formula is C20H25F3N4O. The van der Waals surface area contributed by atoms with E-state index in [1.807, 2.05) is 0 Å². The number of rotatable bonds is 2. The molecule has 7 N–H and O–H groups in total. The van der Waals surface area contributed by atoms with Crippen LogP contribution >= 0.6 is 0 Å². The molecule has 0 radical (unpaired) electrons. The molecule has 0 atom stereocenters. The molecule has 0 unspecified atom stereocenters. The van der Waals surface area contributed by atoms with Crippen LogP contribution in [0.5, 0.6) is 5.75 Å². The first-order valence-electron chi connectivity index (χ1n) is 8.99. The average molecular weight is 394 g/mol. The van der Waals surface area contributed by atoms with E-state index in [4.69, 9.17) is 16.9 Å². The highest BCUT2D eigenvalue weighted by Gasteiger charge is 2.31. The summed E-state index contributed by atoms with van der Waals surface area (Å²) in [6.45, 7) is 2.34. The Hall–Kier alpha value is -2.90. The Kier molecular flexibility index (Phi) is 6.77. The van der Waals surface area contributed by atoms with Crippen LogP contribution in [0.4, 0.5) is 13.2 Å². The Labute approximate surface area is 162 Å². The number of allylic oxidation sites excluding steroid dienone is 1. The molecule has 1 aliphatic heterocycles. The second kappa shape index (κ2) is 8.86. The lowest BCUT2D eigenvalue weighted by Crippen LogP contribution is -2.20. The first-order chi connectivity index (χ1) is 13.1. The van der Waals surface area contributed by atoms with Gasteiger partial charge in [-0.2, -0.15) is 13.2 Å². The Morgan fingerprint density at radius 2 is 1.86 bits per heavy atom. The lowest BCUT2D eigenvalue weighted by atomic mass is 9.97. The monoisotopic (exact) mass is 394 g/mol. The normalized spacial score (nSPS) is 18.6. The molecule has 3 rings (SSSR count). The molecule has 152 valence electrons. The number of nitrogens with two attached hydrogens (primary N) is 2. The highest BCUT2D eigenvalue weighted by molar-refractivity contribution is 6.02. The minimum Gasteiger partial charge on any atom is -0.507 e. The zero-order valence-corrected chi connectivity index (χ0v) is 15.6. The van der Waals surface area contributed by atoms with E-state index >= 15 is 0 Å². The largest absolute Gasteiger partial charge is 0.507 e. The number of hydrogen-bond acceptors (Lipinski definition) is 4. The molecule has 1 fully saturated rings. The second-order valence-electron chi connectivity index (χ2n) is 6.92. The highest BCUT2D eigenvalue weighted by Crippen LogP contribution is 2.35. The summed E-state index contributed by atoms with van der Waals surface area (Å²) in [6.07, 6.45) is 5.87. The number of hydrogen-bond donors (Lipinski definition) is 5. The summed E-state index contributed by atoms with van der Waals surface area (Å²) in [6, 6.07) is 2.50. The number of benzene rings is 1. The van der Waals surface area contributed by atoms with E-state index in [0.29, 0.717) is 11.6 Å². The number of halogens is 3. The van der Waals surface area contributed by atoms with Crippen molar-refractivity contribution in [2.24, 2.45) is 17.4 Å². The fourth-order valence-electron chi connectivity index (χ4n) is 3.10. The van der Waals surface area contributed by atoms with Crippen molar-refractivity contribution < 1.29 is 18.3 Å². The summed E-state index contributed by atoms with van der Waals surface area (Å²) >= 11 is 0. The van der Waals surface area contributed by atoms with Gasteiger partial charge in [0, 0.05) is 29.1 Å². The molecule has 1 heterocycles. The smallest absolute Gasteiger partial charge is 0.416 e. The zero-order chi connectivity index (χ0) is 20.9. The number of phenolic OH excluding ortho intramolecular Hbond substituents is 1. The minimum atomic E-state index is -4.56. The minimum absolute atomic E-state index is 0.0189. The lowest BCUT2D eigenvalue weighted by Gasteiger charge is -2.16. The molecule has 0 bridgehead atoms. The maximum atomic E-state index is 12.6. The van der Waals surface area contributed by atoms with E-state index < -0.39 is 17.5 Å². The van der Waals surface area contributed by atoms with E-state index in [9.17, 15) is 18.3 Å². The van der Waals surface area contributed by atoms with E-state index in [2.05, 4.69) is 12.2 Å². The predicted octanol–water partition coefficient (Wildman–Crippen LogP) is 4.21. The second-order valence-corrected chi connectivity index (χ2v) is 6.92. The van der Waals surface area contributed by atoms with Crippen molar-refractivity contribution >= 4 is 11.5 Å². The van der Waals surface area contributed by atoms with Crippen LogP contribution in [0.15, 0.2) is 47.8 Å². The molecule has 0 amide bonds. The van der Waals surface area contributed by atoms with Gasteiger partial charge in [0.2, 0.25) is 0 Å². The van der Waals surface area contributed by atoms with E-state index in [1.165, 1.54) is 44.2 Å². The van der Waals surface area contributed by atoms with Gasteiger partial charge in [-0.25, -0.2) is 0 Å². The van der Waals surface area contributed by atoms with Gasteiger partial charge in [-0.3, -0.25) is 5.41 Å². The Balaban J connectivity index is 0.000000397. The van der Waals surface area contributed by atoms with Crippen LogP contribution in [0, 0.1) is 11.3 Å². The number of nitrogens with one attached hydrogen (secondary N) is 2. The summed E-state index contributed by atoms with van der Waals surface area (Å²) in [5.41, 5.74) is 11.0. The molecule has 2 aliphatic rings. The molecule has 28 heavy (non-hydrogen) atoms. The highest BCUT2D eigenvalue weighted by atomic mass is 19.4. The van der Waals surface area contributed by atoms with Crippen LogP contribution < -0.4 is 16.8 Å². The van der Waals surface area contributed by atoms with Crippen molar-refractivity contribution in [2.75, 3.05) is 0 Å². The SMILES string of the molecule is CC1CCCC1.N=C(N)C1=CNC=C/C1=C(/N)c1ccc(C(F)(F)F)cc1O. The Morgan fingerprint density at radius 3 is 2.32 bits per heavy atom. The van der Waals surface area contributed by atoms with Crippen LogP contribution in [0.1, 0.15) is 43.7 Å². The number of alkyl halides is 3. The van der Waals surface area contributed by atoms with Crippen molar-refractivity contribution in [3.63, 3.8) is 0 Å². The third-order valence-electron chi connectivity index (χ3n) is 4.70. The molecule has 5 nitrogen and oxygen atoms in total. The predicted molar refractivity (Wildman–Crippen MR) is 104 cm³/mol. The summed E-state index contributed by atoms with van der Waals surface area (Å²) < 4.78 is 37.8. The summed E-state index contributed by atoms with van der Waals surface area (Å²) in [4.78, 5) is 0. The van der Waals surface area contributed by atoms with Gasteiger partial charge in [-0.1, -0.05) is 32.6 Å². The van der Waals surface area contributed by atoms with E-state index in [1.54, 1.807) is 0 Å². The standard InChI is InChI=1S/C14H13F3N4O.C6H12/c15-14(16,17)7-1-2-9(11(22)5-7)12(18)8-3-4-21-6-10(8)13(19)20;1-6-4-2-3-5-6/h1-6,21-22H,18H2,(H3,19,20);6H,2-5H2,1H3/b12-8-;. The average Bonchev–Trinajstić information content (AvgIpc) is 3.12. The van der Waals surface area contributed by atoms with Gasteiger partial charge < -0.3 is 21.9 Å². The van der Waals surface area contributed by atoms with Crippen LogP contribution in [0.25, 0.3) is 5.70 Å². The maximum Gasteiger partial charge on any atom is 0.416 e. The molecular weight excluding hydrogens is 369 g/mol. The van der Waals surface area contributed by atoms with Gasteiger partial charge in [0.25, 0.3) is 0 Å². The van der Waals surface area contributed by atoms with Gasteiger partial charge in [-0.15, -0.1) is 0 Å². The van der Waals surface area contributed by atoms with Gasteiger partial charge in [0.05, 0.1) is 11.3 Å². The van der Waals surface area contributed by atoms with Crippen LogP contribution in [0.2, 0.25) is 0 Å². The molecule has 8 heteroatoms. The third kappa shape index (κ3) is 5.31. The maximum absolute atomic E-state index is 12.6. The van der Waals surface area contributed by atoms with Crippen molar-refractivity contribution in [1.82, 2.24) is 5.32 Å². The Bertz CT molecular complexity index is 819. The quantitative estimate of drug-likeness (QED) is 0.382. The van der Waals surface area contributed by atoms with Crippen molar-refractivity contribution in [2.45, 2.75) is 38.8 Å². The molecule has 1 aliphatic carbocycles. The van der Waals surface area contributed by atoms with E-state index in [-0.39, 0.29) is 22.7 Å². The summed E-state index contributed by atoms with van der Waals surface area (Å²) in [7, 11) is 0. The zero-order valence-electron chi connectivity index (χ0n) is 15.6. The molecule has 0 aromatic heterocycles. The van der Waals surface area contributed by atoms with Crippen LogP contribution in [-0.4, -0.2) is 10.9 Å². The fourth-order valence-corrected chi connectivity index (χ4v) is 3.10. The molecule has 0 spiro atoms. The van der Waals surface area contributed by atoms with Crippen molar-refractivity contribution in [1.29, 1.82) is 5.41 Å². The first kappa shape index (κ1) is 21.4. The number of phenols is 1. The van der Waals surface area contributed by atoms with Crippen LogP contribution in [0.3, 0.4) is 0 Å². The van der Waals surface area contributed by atoms with Gasteiger partial charge in [0.1, 0.15) is 11.6 Å². The Morgan fingerprint density at radius 1 is 1.21 bits per heavy atom. The summed E-state index contributed by atoms with van der Waals surface area (Å²) in [5, 5.41) is 20.0. The molecule has 0 saturated heterocycles. The number of dihydropyridines is 1. The van der Waals surface area contributed by atoms with E-state index in [0.717, 1.165) is 18.1 Å². The molecule has 1 aromatic carbocycles. The molecule has 1 saturated carbocycles. The number of amidine groups is 1. The summed E-state index contributed by atoms with van der Waals surface area (Å²) in [5.74, 6) is 0.181. The van der Waals surface area contributed by atoms with Crippen molar-refractivity contribution in [3.8, 4) is 5.75 Å². The van der Waals surface area contributed by atoms with Gasteiger partial charge in [-0.05, 0) is 30.2 Å². The van der Waals surface area contributed by atoms with Crippen LogP contribution in [-0.2, 0) is 6.18 Å². The fraction of sp³-hybridized carbons (Fsp3) is 0.350. The number of aromatic hydroxyl groups is 1. The van der Waals surface area contributed by atoms with Crippen molar-refractivity contribution in [3.05, 3.63) is 58.9 Å².